The lowest BCUT2D eigenvalue weighted by Gasteiger charge is -2.21. The van der Waals surface area contributed by atoms with E-state index in [1.165, 1.54) is 11.8 Å². The number of nitrogens with zero attached hydrogens (tertiary/aromatic N) is 1. The lowest BCUT2D eigenvalue weighted by molar-refractivity contribution is 0.0992. The molecular weight excluding hydrogens is 300 g/mol. The summed E-state index contributed by atoms with van der Waals surface area (Å²) in [7, 11) is 1.75. The Labute approximate surface area is 137 Å². The molecular formula is C17H23ClN2O2. The highest BCUT2D eigenvalue weighted by atomic mass is 35.5. The molecule has 0 bridgehead atoms. The summed E-state index contributed by atoms with van der Waals surface area (Å²) in [5, 5.41) is 0. The molecule has 0 unspecified atom stereocenters. The van der Waals surface area contributed by atoms with Gasteiger partial charge in [-0.25, -0.2) is 0 Å². The van der Waals surface area contributed by atoms with Crippen LogP contribution < -0.4 is 10.6 Å². The molecule has 2 N–H and O–H groups in total. The van der Waals surface area contributed by atoms with E-state index in [0.717, 1.165) is 5.69 Å². The Kier molecular flexibility index (Phi) is 5.80. The first kappa shape index (κ1) is 18.3. The van der Waals surface area contributed by atoms with Crippen LogP contribution in [0.4, 0.5) is 5.69 Å². The van der Waals surface area contributed by atoms with Crippen molar-refractivity contribution in [1.29, 1.82) is 0 Å². The van der Waals surface area contributed by atoms with Gasteiger partial charge in [0.2, 0.25) is 0 Å². The van der Waals surface area contributed by atoms with Crippen LogP contribution in [0.2, 0.25) is 0 Å². The first-order valence-electron chi connectivity index (χ1n) is 6.99. The maximum atomic E-state index is 12.4. The predicted molar refractivity (Wildman–Crippen MR) is 91.7 cm³/mol. The van der Waals surface area contributed by atoms with Gasteiger partial charge in [0.15, 0.2) is 0 Å². The molecule has 1 aromatic heterocycles. The van der Waals surface area contributed by atoms with Crippen molar-refractivity contribution in [2.45, 2.75) is 32.7 Å². The van der Waals surface area contributed by atoms with Gasteiger partial charge in [-0.1, -0.05) is 32.9 Å². The van der Waals surface area contributed by atoms with Crippen molar-refractivity contribution in [2.24, 2.45) is 5.73 Å². The van der Waals surface area contributed by atoms with E-state index in [1.807, 2.05) is 12.1 Å². The molecule has 2 rings (SSSR count). The lowest BCUT2D eigenvalue weighted by atomic mass is 9.87. The van der Waals surface area contributed by atoms with E-state index in [0.29, 0.717) is 11.3 Å². The van der Waals surface area contributed by atoms with Gasteiger partial charge < -0.3 is 15.1 Å². The van der Waals surface area contributed by atoms with Crippen molar-refractivity contribution in [3.05, 3.63) is 53.5 Å². The molecule has 0 aliphatic rings. The second-order valence-corrected chi connectivity index (χ2v) is 6.17. The fourth-order valence-corrected chi connectivity index (χ4v) is 2.10. The molecule has 5 heteroatoms. The number of furan rings is 1. The standard InChI is InChI=1S/C17H22N2O2.ClH/c1-17(2,3)13-5-7-14(8-6-13)19(4)16(20)12-9-15(10-18)21-11-12;/h5-9,11H,10,18H2,1-4H3;1H. The Balaban J connectivity index is 0.00000242. The molecule has 0 spiro atoms. The normalized spacial score (nSPS) is 11.0. The average molecular weight is 323 g/mol. The maximum Gasteiger partial charge on any atom is 0.261 e. The number of anilines is 1. The zero-order valence-corrected chi connectivity index (χ0v) is 14.2. The molecule has 1 aromatic carbocycles. The van der Waals surface area contributed by atoms with Crippen molar-refractivity contribution in [3.8, 4) is 0 Å². The van der Waals surface area contributed by atoms with Crippen LogP contribution in [0, 0.1) is 0 Å². The van der Waals surface area contributed by atoms with Crippen molar-refractivity contribution < 1.29 is 9.21 Å². The summed E-state index contributed by atoms with van der Waals surface area (Å²) in [5.41, 5.74) is 8.19. The molecule has 0 saturated heterocycles. The minimum atomic E-state index is -0.109. The molecule has 1 heterocycles. The van der Waals surface area contributed by atoms with Gasteiger partial charge in [0, 0.05) is 12.7 Å². The topological polar surface area (TPSA) is 59.5 Å². The third kappa shape index (κ3) is 3.90. The fraction of sp³-hybridized carbons (Fsp3) is 0.353. The zero-order chi connectivity index (χ0) is 15.6. The number of nitrogens with two attached hydrogens (primary N) is 1. The molecule has 22 heavy (non-hydrogen) atoms. The monoisotopic (exact) mass is 322 g/mol. The summed E-state index contributed by atoms with van der Waals surface area (Å²) in [5.74, 6) is 0.497. The van der Waals surface area contributed by atoms with E-state index in [1.54, 1.807) is 18.0 Å². The fourth-order valence-electron chi connectivity index (χ4n) is 2.10. The van der Waals surface area contributed by atoms with Gasteiger partial charge in [0.25, 0.3) is 5.91 Å². The molecule has 0 aliphatic carbocycles. The van der Waals surface area contributed by atoms with Crippen LogP contribution in [0.25, 0.3) is 0 Å². The number of hydrogen-bond donors (Lipinski definition) is 1. The molecule has 4 nitrogen and oxygen atoms in total. The van der Waals surface area contributed by atoms with Crippen LogP contribution in [0.15, 0.2) is 41.0 Å². The largest absolute Gasteiger partial charge is 0.467 e. The summed E-state index contributed by atoms with van der Waals surface area (Å²) in [4.78, 5) is 14.0. The van der Waals surface area contributed by atoms with Crippen LogP contribution in [-0.4, -0.2) is 13.0 Å². The Morgan fingerprint density at radius 1 is 1.23 bits per heavy atom. The van der Waals surface area contributed by atoms with Gasteiger partial charge >= 0.3 is 0 Å². The number of halogens is 1. The molecule has 0 aliphatic heterocycles. The molecule has 0 fully saturated rings. The Morgan fingerprint density at radius 2 is 1.82 bits per heavy atom. The van der Waals surface area contributed by atoms with Crippen LogP contribution in [0.5, 0.6) is 0 Å². The van der Waals surface area contributed by atoms with Crippen molar-refractivity contribution in [1.82, 2.24) is 0 Å². The minimum absolute atomic E-state index is 0. The number of carbonyl (C=O) groups is 1. The Morgan fingerprint density at radius 3 is 2.27 bits per heavy atom. The van der Waals surface area contributed by atoms with E-state index in [9.17, 15) is 4.79 Å². The quantitative estimate of drug-likeness (QED) is 0.936. The van der Waals surface area contributed by atoms with E-state index >= 15 is 0 Å². The van der Waals surface area contributed by atoms with Gasteiger partial charge in [0.05, 0.1) is 12.1 Å². The maximum absolute atomic E-state index is 12.4. The van der Waals surface area contributed by atoms with Gasteiger partial charge in [-0.2, -0.15) is 0 Å². The molecule has 0 radical (unpaired) electrons. The summed E-state index contributed by atoms with van der Waals surface area (Å²) in [6.07, 6.45) is 1.45. The van der Waals surface area contributed by atoms with Gasteiger partial charge in [0.1, 0.15) is 12.0 Å². The number of carbonyl (C=O) groups excluding carboxylic acids is 1. The molecule has 0 saturated carbocycles. The smallest absolute Gasteiger partial charge is 0.261 e. The number of benzene rings is 1. The Bertz CT molecular complexity index is 627. The van der Waals surface area contributed by atoms with Crippen molar-refractivity contribution in [3.63, 3.8) is 0 Å². The average Bonchev–Trinajstić information content (AvgIpc) is 2.94. The third-order valence-corrected chi connectivity index (χ3v) is 3.53. The molecule has 1 amide bonds. The van der Waals surface area contributed by atoms with E-state index in [4.69, 9.17) is 10.2 Å². The number of rotatable bonds is 3. The van der Waals surface area contributed by atoms with Gasteiger partial charge in [-0.15, -0.1) is 12.4 Å². The van der Waals surface area contributed by atoms with E-state index in [2.05, 4.69) is 32.9 Å². The van der Waals surface area contributed by atoms with Crippen LogP contribution >= 0.6 is 12.4 Å². The summed E-state index contributed by atoms with van der Waals surface area (Å²) in [6.45, 7) is 6.78. The summed E-state index contributed by atoms with van der Waals surface area (Å²) >= 11 is 0. The van der Waals surface area contributed by atoms with Crippen molar-refractivity contribution >= 4 is 24.0 Å². The first-order valence-corrected chi connectivity index (χ1v) is 6.99. The highest BCUT2D eigenvalue weighted by molar-refractivity contribution is 6.05. The SMILES string of the molecule is CN(C(=O)c1coc(CN)c1)c1ccc(C(C)(C)C)cc1.Cl. The third-order valence-electron chi connectivity index (χ3n) is 3.53. The van der Waals surface area contributed by atoms with Crippen LogP contribution in [-0.2, 0) is 12.0 Å². The molecule has 0 atom stereocenters. The van der Waals surface area contributed by atoms with E-state index in [-0.39, 0.29) is 30.3 Å². The molecule has 2 aromatic rings. The van der Waals surface area contributed by atoms with Crippen LogP contribution in [0.3, 0.4) is 0 Å². The summed E-state index contributed by atoms with van der Waals surface area (Å²) in [6, 6.07) is 9.72. The second kappa shape index (κ2) is 6.99. The summed E-state index contributed by atoms with van der Waals surface area (Å²) < 4.78 is 5.21. The number of amides is 1. The number of hydrogen-bond acceptors (Lipinski definition) is 3. The van der Waals surface area contributed by atoms with E-state index < -0.39 is 0 Å². The minimum Gasteiger partial charge on any atom is -0.467 e. The predicted octanol–water partition coefficient (Wildman–Crippen LogP) is 3.73. The van der Waals surface area contributed by atoms with Gasteiger partial charge in [-0.05, 0) is 29.2 Å². The van der Waals surface area contributed by atoms with Crippen LogP contribution in [0.1, 0.15) is 42.5 Å². The highest BCUT2D eigenvalue weighted by Crippen LogP contribution is 2.25. The second-order valence-electron chi connectivity index (χ2n) is 6.17. The van der Waals surface area contributed by atoms with Crippen molar-refractivity contribution in [2.75, 3.05) is 11.9 Å². The lowest BCUT2D eigenvalue weighted by Crippen LogP contribution is -2.26. The first-order chi connectivity index (χ1) is 9.82. The van der Waals surface area contributed by atoms with Gasteiger partial charge in [-0.3, -0.25) is 4.79 Å². The Hall–Kier alpha value is -1.78. The highest BCUT2D eigenvalue weighted by Gasteiger charge is 2.18. The zero-order valence-electron chi connectivity index (χ0n) is 13.4. The molecule has 120 valence electrons.